The van der Waals surface area contributed by atoms with Crippen molar-refractivity contribution in [2.75, 3.05) is 9.80 Å². The SMILES string of the molecule is CC(C)(C)c1ccc(N(c2ccc3c(c2)C(C)(C)Oc2ccccc2-3)c2cc3c(c4c2C=CC4(C)C)-c2c(cc(N(c4ccc(C(C)(C)C)cc4)c4ccc5c(c4)C(C)(C)Oc4ccccc4-5)c4c2oc2ncccc24)C3(c2ccccc2)c2cccc(F)c2)cc1. The molecule has 12 aromatic rings. The molecule has 10 aromatic carbocycles. The van der Waals surface area contributed by atoms with Gasteiger partial charge in [-0.3, -0.25) is 0 Å². The van der Waals surface area contributed by atoms with Crippen LogP contribution in [0.4, 0.5) is 38.5 Å². The van der Waals surface area contributed by atoms with Crippen LogP contribution in [0.1, 0.15) is 139 Å². The van der Waals surface area contributed by atoms with Crippen molar-refractivity contribution in [1.82, 2.24) is 4.98 Å². The molecule has 0 fully saturated rings. The van der Waals surface area contributed by atoms with E-state index < -0.39 is 22.0 Å². The van der Waals surface area contributed by atoms with E-state index in [-0.39, 0.29) is 16.6 Å². The smallest absolute Gasteiger partial charge is 0.227 e. The second-order valence-electron chi connectivity index (χ2n) is 29.2. The number of aromatic nitrogens is 1. The number of furan rings is 1. The molecule has 16 rings (SSSR count). The highest BCUT2D eigenvalue weighted by molar-refractivity contribution is 6.20. The Balaban J connectivity index is 1.05. The number of ether oxygens (including phenoxy) is 2. The summed E-state index contributed by atoms with van der Waals surface area (Å²) in [5, 5.41) is 1.80. The molecule has 1 atom stereocenters. The largest absolute Gasteiger partial charge is 0.482 e. The highest BCUT2D eigenvalue weighted by Gasteiger charge is 2.52. The zero-order chi connectivity index (χ0) is 63.6. The van der Waals surface area contributed by atoms with E-state index in [0.717, 1.165) is 134 Å². The summed E-state index contributed by atoms with van der Waals surface area (Å²) >= 11 is 0. The summed E-state index contributed by atoms with van der Waals surface area (Å²) in [5.74, 6) is 1.41. The predicted octanol–water partition coefficient (Wildman–Crippen LogP) is 22.9. The van der Waals surface area contributed by atoms with Crippen molar-refractivity contribution in [3.8, 4) is 44.9 Å². The molecule has 0 amide bonds. The molecule has 0 saturated carbocycles. The second kappa shape index (κ2) is 20.0. The number of hydrogen-bond acceptors (Lipinski definition) is 6. The standard InChI is InChI=1S/C85H74FN3O3/c1-80(2,3)51-31-35-56(36-32-51)88(58-39-41-60-62-26-16-18-29-72(62)91-83(9,10)66(60)47-58)70-49-68-75(77-64(70)43-44-82(77,7)8)76-69(85(68,53-22-14-13-15-23-53)54-24-20-25-55(86)46-54)50-71(74-65-28-21-45-87-79(65)90-78(74)76)89(57-37-33-52(34-38-57)81(4,5)6)59-40-42-61-63-27-17-19-30-73(63)92-84(11,12)67(61)48-59/h13-50H,1-12H3. The van der Waals surface area contributed by atoms with E-state index >= 15 is 4.39 Å². The molecule has 2 aliphatic carbocycles. The van der Waals surface area contributed by atoms with Crippen LogP contribution >= 0.6 is 0 Å². The highest BCUT2D eigenvalue weighted by Crippen LogP contribution is 2.66. The molecule has 0 radical (unpaired) electrons. The van der Waals surface area contributed by atoms with Gasteiger partial charge in [0.25, 0.3) is 0 Å². The molecule has 92 heavy (non-hydrogen) atoms. The van der Waals surface area contributed by atoms with Crippen LogP contribution in [-0.4, -0.2) is 4.98 Å². The summed E-state index contributed by atoms with van der Waals surface area (Å²) in [5.41, 5.74) is 20.8. The maximum absolute atomic E-state index is 17.0. The van der Waals surface area contributed by atoms with Crippen LogP contribution < -0.4 is 19.3 Å². The summed E-state index contributed by atoms with van der Waals surface area (Å²) in [6.45, 7) is 26.9. The van der Waals surface area contributed by atoms with Gasteiger partial charge in [-0.15, -0.1) is 0 Å². The second-order valence-corrected chi connectivity index (χ2v) is 29.2. The summed E-state index contributed by atoms with van der Waals surface area (Å²) in [6, 6.07) is 75.6. The van der Waals surface area contributed by atoms with E-state index in [2.05, 4.69) is 281 Å². The molecule has 1 unspecified atom stereocenters. The van der Waals surface area contributed by atoms with Crippen LogP contribution in [0.25, 0.3) is 61.5 Å². The molecule has 6 nitrogen and oxygen atoms in total. The van der Waals surface area contributed by atoms with Gasteiger partial charge in [-0.05, 0) is 191 Å². The quantitative estimate of drug-likeness (QED) is 0.151. The Hall–Kier alpha value is -9.98. The topological polar surface area (TPSA) is 51.0 Å². The highest BCUT2D eigenvalue weighted by atomic mass is 19.1. The van der Waals surface area contributed by atoms with Crippen LogP contribution in [0.3, 0.4) is 0 Å². The zero-order valence-electron chi connectivity index (χ0n) is 54.4. The van der Waals surface area contributed by atoms with Crippen molar-refractivity contribution in [2.24, 2.45) is 0 Å². The molecule has 0 saturated heterocycles. The minimum atomic E-state index is -1.17. The van der Waals surface area contributed by atoms with Crippen molar-refractivity contribution < 1.29 is 18.3 Å². The Kier molecular flexibility index (Phi) is 12.4. The minimum absolute atomic E-state index is 0.0868. The number of hydrogen-bond donors (Lipinski definition) is 0. The van der Waals surface area contributed by atoms with Crippen LogP contribution in [0.2, 0.25) is 0 Å². The van der Waals surface area contributed by atoms with Gasteiger partial charge in [0, 0.05) is 67.7 Å². The third-order valence-electron chi connectivity index (χ3n) is 20.0. The Morgan fingerprint density at radius 3 is 1.52 bits per heavy atom. The van der Waals surface area contributed by atoms with Gasteiger partial charge in [-0.1, -0.05) is 183 Å². The molecule has 7 heteroatoms. The van der Waals surface area contributed by atoms with E-state index in [1.54, 1.807) is 12.1 Å². The number of allylic oxidation sites excluding steroid dienone is 1. The number of benzene rings is 10. The van der Waals surface area contributed by atoms with E-state index in [1.807, 2.05) is 30.5 Å². The maximum atomic E-state index is 17.0. The van der Waals surface area contributed by atoms with E-state index in [0.29, 0.717) is 11.3 Å². The average Bonchev–Trinajstić information content (AvgIpc) is 1.49. The molecule has 0 N–H and O–H groups in total. The molecule has 2 aliphatic heterocycles. The first-order valence-corrected chi connectivity index (χ1v) is 32.3. The Labute approximate surface area is 539 Å². The first-order chi connectivity index (χ1) is 44.0. The Bertz CT molecular complexity index is 5060. The summed E-state index contributed by atoms with van der Waals surface area (Å²) in [6.07, 6.45) is 6.52. The molecular weight excluding hydrogens is 1130 g/mol. The van der Waals surface area contributed by atoms with Crippen molar-refractivity contribution in [3.63, 3.8) is 0 Å². The molecular formula is C85H74FN3O3. The van der Waals surface area contributed by atoms with Gasteiger partial charge in [0.2, 0.25) is 5.71 Å². The summed E-state index contributed by atoms with van der Waals surface area (Å²) in [7, 11) is 0. The lowest BCUT2D eigenvalue weighted by Crippen LogP contribution is -2.30. The van der Waals surface area contributed by atoms with Gasteiger partial charge >= 0.3 is 0 Å². The summed E-state index contributed by atoms with van der Waals surface area (Å²) in [4.78, 5) is 9.90. The van der Waals surface area contributed by atoms with Crippen molar-refractivity contribution in [3.05, 3.63) is 286 Å². The number of anilines is 6. The van der Waals surface area contributed by atoms with Crippen molar-refractivity contribution in [2.45, 2.75) is 116 Å². The third-order valence-corrected chi connectivity index (χ3v) is 20.0. The monoisotopic (exact) mass is 1200 g/mol. The van der Waals surface area contributed by atoms with Gasteiger partial charge in [-0.25, -0.2) is 9.37 Å². The normalized spacial score (nSPS) is 16.8. The Morgan fingerprint density at radius 1 is 0.446 bits per heavy atom. The molecule has 0 bridgehead atoms. The lowest BCUT2D eigenvalue weighted by molar-refractivity contribution is 0.105. The number of rotatable bonds is 8. The van der Waals surface area contributed by atoms with Gasteiger partial charge in [0.05, 0.1) is 27.6 Å². The van der Waals surface area contributed by atoms with Crippen LogP contribution in [-0.2, 0) is 32.9 Å². The number of fused-ring (bicyclic) bond motifs is 15. The number of halogens is 1. The third kappa shape index (κ3) is 8.60. The van der Waals surface area contributed by atoms with Gasteiger partial charge in [0.1, 0.15) is 34.1 Å². The Morgan fingerprint density at radius 2 is 0.957 bits per heavy atom. The molecule has 0 spiro atoms. The number of para-hydroxylation sites is 2. The fourth-order valence-electron chi connectivity index (χ4n) is 15.6. The van der Waals surface area contributed by atoms with Gasteiger partial charge < -0.3 is 23.7 Å². The van der Waals surface area contributed by atoms with E-state index in [9.17, 15) is 0 Å². The van der Waals surface area contributed by atoms with Crippen molar-refractivity contribution >= 4 is 62.3 Å². The fourth-order valence-corrected chi connectivity index (χ4v) is 15.6. The maximum Gasteiger partial charge on any atom is 0.227 e. The fraction of sp³-hybridized carbons (Fsp3) is 0.212. The van der Waals surface area contributed by atoms with Crippen LogP contribution in [0.5, 0.6) is 11.5 Å². The summed E-state index contributed by atoms with van der Waals surface area (Å²) < 4.78 is 38.4. The molecule has 454 valence electrons. The van der Waals surface area contributed by atoms with Crippen molar-refractivity contribution in [1.29, 1.82) is 0 Å². The predicted molar refractivity (Wildman–Crippen MR) is 376 cm³/mol. The lowest BCUT2D eigenvalue weighted by atomic mass is 9.67. The number of nitrogens with zero attached hydrogens (tertiary/aromatic N) is 3. The molecule has 2 aromatic heterocycles. The molecule has 4 aliphatic rings. The lowest BCUT2D eigenvalue weighted by Gasteiger charge is -2.38. The van der Waals surface area contributed by atoms with Crippen LogP contribution in [0.15, 0.2) is 229 Å². The average molecular weight is 1200 g/mol. The zero-order valence-corrected chi connectivity index (χ0v) is 54.4. The first kappa shape index (κ1) is 57.2. The first-order valence-electron chi connectivity index (χ1n) is 32.3. The van der Waals surface area contributed by atoms with Gasteiger partial charge in [0.15, 0.2) is 0 Å². The van der Waals surface area contributed by atoms with Crippen LogP contribution in [0, 0.1) is 5.82 Å². The van der Waals surface area contributed by atoms with Gasteiger partial charge in [-0.2, -0.15) is 0 Å². The number of pyridine rings is 1. The minimum Gasteiger partial charge on any atom is -0.482 e. The molecule has 4 heterocycles. The van der Waals surface area contributed by atoms with E-state index in [4.69, 9.17) is 18.9 Å². The van der Waals surface area contributed by atoms with E-state index in [1.165, 1.54) is 11.1 Å².